The van der Waals surface area contributed by atoms with Crippen molar-refractivity contribution in [2.75, 3.05) is 4.90 Å². The first kappa shape index (κ1) is 81.3. The minimum Gasteiger partial charge on any atom is -0.456 e. The van der Waals surface area contributed by atoms with Gasteiger partial charge in [-0.15, -0.1) is 0 Å². The maximum atomic E-state index is 6.91. The van der Waals surface area contributed by atoms with Gasteiger partial charge in [0.1, 0.15) is 33.5 Å². The van der Waals surface area contributed by atoms with Crippen LogP contribution < -0.4 is 4.90 Å². The van der Waals surface area contributed by atoms with Gasteiger partial charge in [0, 0.05) is 77.3 Å². The van der Waals surface area contributed by atoms with Crippen LogP contribution in [-0.2, 0) is 0 Å². The summed E-state index contributed by atoms with van der Waals surface area (Å²) < 4.78 is 26.8. The predicted molar refractivity (Wildman–Crippen MR) is 579 cm³/mol. The van der Waals surface area contributed by atoms with Gasteiger partial charge in [0.25, 0.3) is 0 Å². The van der Waals surface area contributed by atoms with Crippen LogP contribution >= 0.6 is 0 Å². The lowest BCUT2D eigenvalue weighted by Gasteiger charge is -2.25. The van der Waals surface area contributed by atoms with Crippen LogP contribution in [0.5, 0.6) is 0 Å². The molecule has 0 saturated carbocycles. The number of para-hydroxylation sites is 5. The fraction of sp³-hybridized carbons (Fsp3) is 0. The molecule has 660 valence electrons. The third-order valence-electron chi connectivity index (χ3n) is 27.2. The van der Waals surface area contributed by atoms with E-state index in [0.29, 0.717) is 35.2 Å². The molecule has 29 aromatic rings. The van der Waals surface area contributed by atoms with Gasteiger partial charge in [-0.25, -0.2) is 9.97 Å². The molecule has 0 aliphatic carbocycles. The Hall–Kier alpha value is -19.2. The van der Waals surface area contributed by atoms with E-state index in [9.17, 15) is 0 Å². The number of nitrogens with zero attached hydrogens (tertiary/aromatic N) is 10. The van der Waals surface area contributed by atoms with Gasteiger partial charge in [-0.1, -0.05) is 346 Å². The molecule has 8 heterocycles. The zero-order valence-corrected chi connectivity index (χ0v) is 75.9. The highest BCUT2D eigenvalue weighted by Gasteiger charge is 2.28. The topological polar surface area (TPSA) is 135 Å². The zero-order valence-electron chi connectivity index (χ0n) is 75.9. The molecule has 0 saturated heterocycles. The lowest BCUT2D eigenvalue weighted by atomic mass is 9.95. The van der Waals surface area contributed by atoms with E-state index in [4.69, 9.17) is 43.2 Å². The maximum Gasteiger partial charge on any atom is 0.238 e. The number of fused-ring (bicyclic) bond motifs is 8. The van der Waals surface area contributed by atoms with Crippen molar-refractivity contribution in [3.8, 4) is 96.5 Å². The van der Waals surface area contributed by atoms with E-state index in [1.54, 1.807) is 0 Å². The van der Waals surface area contributed by atoms with Crippen LogP contribution in [0.2, 0.25) is 0 Å². The molecule has 21 aromatic carbocycles. The van der Waals surface area contributed by atoms with Gasteiger partial charge >= 0.3 is 0 Å². The molecule has 29 rings (SSSR count). The Morgan fingerprint density at radius 3 is 1.04 bits per heavy atom. The van der Waals surface area contributed by atoms with Gasteiger partial charge in [-0.05, 0) is 211 Å². The molecule has 0 N–H and O–H groups in total. The molecular weight excluding hydrogens is 1730 g/mol. The van der Waals surface area contributed by atoms with Crippen molar-refractivity contribution >= 4 is 170 Å². The SMILES string of the molecule is c1ccc(-c2nc(-c3ccccc3)nc(-n3c4cc(-c5cccc(-c6ccc7ccccc7c6)c5)cc5oc6ccccc6c6cccc3c6c54)n2)cc1.c1ccc(-c2nc(-c3ccccc3)nc(-n3c4cccc5oc6ccccc6c6cc(-c7cccc8ccccc78)cc3c6c54)n2)cc1.c1ccc(N(c2ccccc2)c2ccc(-n3c4cccc5oc6ccccc6c6cccc3c6c54)cc2)cc1. The smallest absolute Gasteiger partial charge is 0.238 e. The van der Waals surface area contributed by atoms with Crippen LogP contribution in [0.15, 0.2) is 499 Å². The van der Waals surface area contributed by atoms with E-state index in [-0.39, 0.29) is 0 Å². The van der Waals surface area contributed by atoms with Crippen molar-refractivity contribution in [3.05, 3.63) is 485 Å². The van der Waals surface area contributed by atoms with Crippen LogP contribution in [0.3, 0.4) is 0 Å². The van der Waals surface area contributed by atoms with E-state index in [1.807, 2.05) is 146 Å². The highest BCUT2D eigenvalue weighted by Crippen LogP contribution is 2.49. The Balaban J connectivity index is 0.000000107. The van der Waals surface area contributed by atoms with E-state index in [1.165, 1.54) is 43.4 Å². The van der Waals surface area contributed by atoms with E-state index in [2.05, 4.69) is 358 Å². The summed E-state index contributed by atoms with van der Waals surface area (Å²) >= 11 is 0. The average Bonchev–Trinajstić information content (AvgIpc) is 1.56. The Morgan fingerprint density at radius 1 is 0.170 bits per heavy atom. The number of hydrogen-bond acceptors (Lipinski definition) is 10. The highest BCUT2D eigenvalue weighted by molar-refractivity contribution is 6.30. The third kappa shape index (κ3) is 14.2. The number of rotatable bonds is 13. The summed E-state index contributed by atoms with van der Waals surface area (Å²) in [6.07, 6.45) is 0. The Morgan fingerprint density at radius 2 is 0.511 bits per heavy atom. The third-order valence-corrected chi connectivity index (χ3v) is 27.2. The molecule has 13 nitrogen and oxygen atoms in total. The second-order valence-corrected chi connectivity index (χ2v) is 35.5. The lowest BCUT2D eigenvalue weighted by Crippen LogP contribution is -2.09. The first-order valence-corrected chi connectivity index (χ1v) is 47.4. The van der Waals surface area contributed by atoms with E-state index in [0.717, 1.165) is 188 Å². The largest absolute Gasteiger partial charge is 0.456 e. The normalized spacial score (nSPS) is 11.7. The average molecular weight is 1810 g/mol. The second kappa shape index (κ2) is 34.0. The summed E-state index contributed by atoms with van der Waals surface area (Å²) in [6, 6.07) is 169. The minimum absolute atomic E-state index is 0.543. The van der Waals surface area contributed by atoms with Crippen molar-refractivity contribution in [3.63, 3.8) is 0 Å². The van der Waals surface area contributed by atoms with Crippen molar-refractivity contribution < 1.29 is 13.3 Å². The molecule has 0 aliphatic heterocycles. The van der Waals surface area contributed by atoms with Crippen LogP contribution in [0, 0.1) is 0 Å². The molecule has 0 fully saturated rings. The Labute approximate surface area is 808 Å². The first-order valence-electron chi connectivity index (χ1n) is 47.4. The van der Waals surface area contributed by atoms with Crippen molar-refractivity contribution in [1.82, 2.24) is 43.6 Å². The van der Waals surface area contributed by atoms with Crippen LogP contribution in [0.4, 0.5) is 17.1 Å². The number of aromatic nitrogens is 9. The molecule has 0 unspecified atom stereocenters. The number of anilines is 3. The second-order valence-electron chi connectivity index (χ2n) is 35.5. The van der Waals surface area contributed by atoms with Crippen LogP contribution in [0.1, 0.15) is 0 Å². The standard InChI is InChI=1S/C49H30N4O.C43H26N4O.C36H24N2O/c1-3-14-32(15-4-1)47-50-48(33-16-5-2-6-17-33)52-49(51-47)53-41-23-12-22-40-39-21-9-10-24-43(39)54-44-30-38(29-42(53)46(44)45(40)41)36-20-11-19-35(28-36)37-26-25-31-13-7-8-18-34(31)27-37;1-3-14-28(15-4-1)41-44-42(29-16-5-2-6-17-29)46-43(45-41)47-35-22-12-24-38-40(35)39-34(33-20-9-10-23-37(33)48-38)25-30(26-36(39)47)32-21-11-18-27-13-7-8-19-31(27)32;1-3-11-25(12-4-1)37(26-13-5-2-6-14-26)27-21-23-28(24-22-27)38-31-17-9-16-30-29-15-7-8-19-33(29)39-34-20-10-18-32(38)36(34)35(30)31/h1-30H;1-26H;1-24H. The summed E-state index contributed by atoms with van der Waals surface area (Å²) in [5.74, 6) is 3.54. The van der Waals surface area contributed by atoms with Crippen LogP contribution in [-0.4, -0.2) is 43.6 Å². The van der Waals surface area contributed by atoms with Crippen LogP contribution in [0.25, 0.3) is 249 Å². The van der Waals surface area contributed by atoms with Gasteiger partial charge in [0.05, 0.1) is 49.3 Å². The van der Waals surface area contributed by atoms with Gasteiger partial charge in [-0.3, -0.25) is 9.13 Å². The molecule has 8 aromatic heterocycles. The van der Waals surface area contributed by atoms with Gasteiger partial charge < -0.3 is 22.7 Å². The summed E-state index contributed by atoms with van der Waals surface area (Å²) in [6.45, 7) is 0. The van der Waals surface area contributed by atoms with Crippen molar-refractivity contribution in [1.29, 1.82) is 0 Å². The van der Waals surface area contributed by atoms with Gasteiger partial charge in [0.2, 0.25) is 11.9 Å². The van der Waals surface area contributed by atoms with E-state index < -0.39 is 0 Å². The van der Waals surface area contributed by atoms with Crippen molar-refractivity contribution in [2.45, 2.75) is 0 Å². The summed E-state index contributed by atoms with van der Waals surface area (Å²) in [5.41, 5.74) is 26.2. The first-order chi connectivity index (χ1) is 69.9. The lowest BCUT2D eigenvalue weighted by molar-refractivity contribution is 0.663. The Bertz CT molecular complexity index is 9790. The molecule has 13 heteroatoms. The van der Waals surface area contributed by atoms with Gasteiger partial charge in [0.15, 0.2) is 23.3 Å². The fourth-order valence-electron chi connectivity index (χ4n) is 20.9. The van der Waals surface area contributed by atoms with Gasteiger partial charge in [-0.2, -0.15) is 19.9 Å². The molecule has 141 heavy (non-hydrogen) atoms. The summed E-state index contributed by atoms with van der Waals surface area (Å²) in [4.78, 5) is 33.0. The Kier molecular flexibility index (Phi) is 19.6. The zero-order chi connectivity index (χ0) is 93.0. The molecule has 0 amide bonds. The molecule has 0 aliphatic rings. The molecule has 0 bridgehead atoms. The summed E-state index contributed by atoms with van der Waals surface area (Å²) in [7, 11) is 0. The maximum absolute atomic E-state index is 6.91. The monoisotopic (exact) mass is 1800 g/mol. The molecule has 0 radical (unpaired) electrons. The number of hydrogen-bond donors (Lipinski definition) is 0. The fourth-order valence-corrected chi connectivity index (χ4v) is 20.9. The van der Waals surface area contributed by atoms with E-state index >= 15 is 0 Å². The number of benzene rings is 21. The predicted octanol–water partition coefficient (Wildman–Crippen LogP) is 33.9. The highest BCUT2D eigenvalue weighted by atomic mass is 16.3. The molecule has 0 atom stereocenters. The minimum atomic E-state index is 0.543. The summed E-state index contributed by atoms with van der Waals surface area (Å²) in [5, 5.41) is 18.1. The molecule has 0 spiro atoms. The molecular formula is C128H80N10O3. The quantitative estimate of drug-likeness (QED) is 0.110. The van der Waals surface area contributed by atoms with Crippen molar-refractivity contribution in [2.24, 2.45) is 0 Å².